The fourth-order valence-corrected chi connectivity index (χ4v) is 4.18. The topological polar surface area (TPSA) is 46.2 Å². The first-order chi connectivity index (χ1) is 9.29. The summed E-state index contributed by atoms with van der Waals surface area (Å²) in [4.78, 5) is 0.670. The van der Waals surface area contributed by atoms with Crippen LogP contribution in [-0.2, 0) is 10.0 Å². The van der Waals surface area contributed by atoms with Crippen molar-refractivity contribution < 1.29 is 12.8 Å². The minimum Gasteiger partial charge on any atom is -0.207 e. The van der Waals surface area contributed by atoms with Crippen LogP contribution < -0.4 is 4.72 Å². The number of thiophene rings is 1. The molecule has 1 aromatic carbocycles. The summed E-state index contributed by atoms with van der Waals surface area (Å²) in [7, 11) is -3.78. The van der Waals surface area contributed by atoms with Gasteiger partial charge in [-0.25, -0.2) is 17.5 Å². The van der Waals surface area contributed by atoms with Crippen LogP contribution in [0, 0.1) is 5.82 Å². The lowest BCUT2D eigenvalue weighted by molar-refractivity contribution is 0.565. The molecule has 1 aromatic heterocycles. The van der Waals surface area contributed by atoms with Gasteiger partial charge >= 0.3 is 0 Å². The molecule has 3 nitrogen and oxygen atoms in total. The molecule has 20 heavy (non-hydrogen) atoms. The van der Waals surface area contributed by atoms with Crippen molar-refractivity contribution in [1.82, 2.24) is 4.72 Å². The van der Waals surface area contributed by atoms with Crippen molar-refractivity contribution in [3.05, 3.63) is 49.8 Å². The van der Waals surface area contributed by atoms with Gasteiger partial charge in [-0.2, -0.15) is 0 Å². The highest BCUT2D eigenvalue weighted by atomic mass is 79.9. The van der Waals surface area contributed by atoms with Gasteiger partial charge in [0.25, 0.3) is 0 Å². The van der Waals surface area contributed by atoms with E-state index in [1.807, 2.05) is 0 Å². The average molecular weight is 399 g/mol. The second kappa shape index (κ2) is 6.11. The molecule has 0 fully saturated rings. The molecule has 1 atom stereocenters. The van der Waals surface area contributed by atoms with E-state index < -0.39 is 21.9 Å². The molecule has 8 heteroatoms. The fourth-order valence-electron chi connectivity index (χ4n) is 1.56. The van der Waals surface area contributed by atoms with Crippen LogP contribution >= 0.6 is 38.9 Å². The lowest BCUT2D eigenvalue weighted by Crippen LogP contribution is -2.26. The number of rotatable bonds is 4. The van der Waals surface area contributed by atoms with Gasteiger partial charge in [-0.15, -0.1) is 11.3 Å². The first kappa shape index (κ1) is 15.9. The van der Waals surface area contributed by atoms with Crippen LogP contribution in [0.3, 0.4) is 0 Å². The molecule has 0 aliphatic carbocycles. The minimum absolute atomic E-state index is 0.118. The summed E-state index contributed by atoms with van der Waals surface area (Å²) in [6.45, 7) is 1.70. The maximum Gasteiger partial charge on any atom is 0.241 e. The van der Waals surface area contributed by atoms with Gasteiger partial charge < -0.3 is 0 Å². The Labute approximate surface area is 134 Å². The van der Waals surface area contributed by atoms with E-state index in [0.717, 1.165) is 10.9 Å². The van der Waals surface area contributed by atoms with Crippen molar-refractivity contribution in [3.8, 4) is 0 Å². The van der Waals surface area contributed by atoms with Crippen LogP contribution in [0.15, 0.2) is 39.7 Å². The number of hydrogen-bond acceptors (Lipinski definition) is 3. The van der Waals surface area contributed by atoms with Crippen LogP contribution in [0.25, 0.3) is 0 Å². The van der Waals surface area contributed by atoms with Gasteiger partial charge in [0, 0.05) is 4.88 Å². The van der Waals surface area contributed by atoms with Crippen LogP contribution in [0.4, 0.5) is 4.39 Å². The van der Waals surface area contributed by atoms with Gasteiger partial charge in [0.2, 0.25) is 10.0 Å². The van der Waals surface area contributed by atoms with Gasteiger partial charge in [0.1, 0.15) is 5.82 Å². The summed E-state index contributed by atoms with van der Waals surface area (Å²) in [6.07, 6.45) is 0. The van der Waals surface area contributed by atoms with E-state index >= 15 is 0 Å². The summed E-state index contributed by atoms with van der Waals surface area (Å²) in [5.41, 5.74) is 0. The van der Waals surface area contributed by atoms with E-state index in [9.17, 15) is 12.8 Å². The van der Waals surface area contributed by atoms with E-state index in [2.05, 4.69) is 20.7 Å². The van der Waals surface area contributed by atoms with Gasteiger partial charge in [0.15, 0.2) is 0 Å². The van der Waals surface area contributed by atoms with Gasteiger partial charge in [-0.1, -0.05) is 11.6 Å². The molecule has 1 heterocycles. The first-order valence-corrected chi connectivity index (χ1v) is 8.99. The average Bonchev–Trinajstić information content (AvgIpc) is 2.79. The molecule has 0 amide bonds. The first-order valence-electron chi connectivity index (χ1n) is 5.52. The molecule has 2 aromatic rings. The summed E-state index contributed by atoms with van der Waals surface area (Å²) < 4.78 is 41.0. The maximum absolute atomic E-state index is 13.4. The third-order valence-corrected chi connectivity index (χ3v) is 6.15. The molecular weight excluding hydrogens is 389 g/mol. The highest BCUT2D eigenvalue weighted by Crippen LogP contribution is 2.28. The van der Waals surface area contributed by atoms with E-state index in [0.29, 0.717) is 4.34 Å². The van der Waals surface area contributed by atoms with Gasteiger partial charge in [0.05, 0.1) is 19.7 Å². The van der Waals surface area contributed by atoms with Crippen molar-refractivity contribution in [2.45, 2.75) is 17.9 Å². The summed E-state index contributed by atoms with van der Waals surface area (Å²) in [6, 6.07) is 6.68. The van der Waals surface area contributed by atoms with E-state index in [1.54, 1.807) is 19.1 Å². The van der Waals surface area contributed by atoms with Crippen LogP contribution in [0.2, 0.25) is 4.34 Å². The Morgan fingerprint density at radius 3 is 2.60 bits per heavy atom. The number of sulfonamides is 1. The standard InChI is InChI=1S/C12H10BrClFNO2S2/c1-7(11-4-5-12(14)19-11)16-20(17,18)8-2-3-9(13)10(15)6-8/h2-7,16H,1H3. The second-order valence-corrected chi connectivity index (χ2v) is 8.38. The Bertz CT molecular complexity index is 733. The smallest absolute Gasteiger partial charge is 0.207 e. The molecule has 0 saturated heterocycles. The van der Waals surface area contributed by atoms with E-state index in [4.69, 9.17) is 11.6 Å². The summed E-state index contributed by atoms with van der Waals surface area (Å²) in [5.74, 6) is -0.625. The van der Waals surface area contributed by atoms with Crippen LogP contribution in [0.5, 0.6) is 0 Å². The SMILES string of the molecule is CC(NS(=O)(=O)c1ccc(Br)c(F)c1)c1ccc(Cl)s1. The second-order valence-electron chi connectivity index (χ2n) is 4.06. The zero-order chi connectivity index (χ0) is 14.9. The molecule has 0 radical (unpaired) electrons. The van der Waals surface area contributed by atoms with Crippen molar-refractivity contribution in [2.75, 3.05) is 0 Å². The molecular formula is C12H10BrClFNO2S2. The zero-order valence-electron chi connectivity index (χ0n) is 10.2. The Morgan fingerprint density at radius 2 is 2.05 bits per heavy atom. The third kappa shape index (κ3) is 3.59. The monoisotopic (exact) mass is 397 g/mol. The maximum atomic E-state index is 13.4. The number of nitrogens with one attached hydrogen (secondary N) is 1. The Kier molecular flexibility index (Phi) is 4.86. The summed E-state index contributed by atoms with van der Waals surface area (Å²) in [5, 5.41) is 0. The Balaban J connectivity index is 2.24. The van der Waals surface area contributed by atoms with Crippen molar-refractivity contribution in [1.29, 1.82) is 0 Å². The molecule has 0 spiro atoms. The zero-order valence-corrected chi connectivity index (χ0v) is 14.2. The number of halogens is 3. The van der Waals surface area contributed by atoms with Crippen molar-refractivity contribution in [3.63, 3.8) is 0 Å². The van der Waals surface area contributed by atoms with Crippen LogP contribution in [-0.4, -0.2) is 8.42 Å². The normalized spacial score (nSPS) is 13.4. The molecule has 1 unspecified atom stereocenters. The van der Waals surface area contributed by atoms with E-state index in [-0.39, 0.29) is 9.37 Å². The van der Waals surface area contributed by atoms with Crippen LogP contribution in [0.1, 0.15) is 17.8 Å². The molecule has 1 N–H and O–H groups in total. The largest absolute Gasteiger partial charge is 0.241 e. The minimum atomic E-state index is -3.78. The molecule has 0 bridgehead atoms. The molecule has 108 valence electrons. The van der Waals surface area contributed by atoms with Crippen molar-refractivity contribution in [2.24, 2.45) is 0 Å². The number of benzene rings is 1. The lowest BCUT2D eigenvalue weighted by atomic mass is 10.3. The Morgan fingerprint density at radius 1 is 1.35 bits per heavy atom. The Hall–Kier alpha value is -0.470. The quantitative estimate of drug-likeness (QED) is 0.832. The molecule has 0 aliphatic rings. The lowest BCUT2D eigenvalue weighted by Gasteiger charge is -2.13. The fraction of sp³-hybridized carbons (Fsp3) is 0.167. The molecule has 0 aliphatic heterocycles. The van der Waals surface area contributed by atoms with E-state index in [1.165, 1.54) is 23.5 Å². The summed E-state index contributed by atoms with van der Waals surface area (Å²) >= 11 is 10.1. The van der Waals surface area contributed by atoms with Gasteiger partial charge in [-0.3, -0.25) is 0 Å². The third-order valence-electron chi connectivity index (χ3n) is 2.55. The predicted molar refractivity (Wildman–Crippen MR) is 82.2 cm³/mol. The van der Waals surface area contributed by atoms with Gasteiger partial charge in [-0.05, 0) is 53.2 Å². The molecule has 2 rings (SSSR count). The number of hydrogen-bond donors (Lipinski definition) is 1. The highest BCUT2D eigenvalue weighted by molar-refractivity contribution is 9.10. The molecule has 0 saturated carbocycles. The predicted octanol–water partition coefficient (Wildman–Crippen LogP) is 4.34. The highest BCUT2D eigenvalue weighted by Gasteiger charge is 2.20. The van der Waals surface area contributed by atoms with Crippen molar-refractivity contribution >= 4 is 48.9 Å².